The minimum Gasteiger partial charge on any atom is -0.378 e. The number of rotatable bonds is 5. The number of nitrogens with zero attached hydrogens (tertiary/aromatic N) is 5. The lowest BCUT2D eigenvalue weighted by Crippen LogP contribution is -2.07. The molecule has 0 N–H and O–H groups in total. The molecule has 0 saturated heterocycles. The second kappa shape index (κ2) is 8.64. The molecule has 0 spiro atoms. The van der Waals surface area contributed by atoms with Gasteiger partial charge in [0.05, 0.1) is 28.3 Å². The number of hydrogen-bond acceptors (Lipinski definition) is 5. The molecule has 0 aromatic heterocycles. The third-order valence-corrected chi connectivity index (χ3v) is 3.97. The van der Waals surface area contributed by atoms with Gasteiger partial charge in [-0.3, -0.25) is 0 Å². The summed E-state index contributed by atoms with van der Waals surface area (Å²) in [5.74, 6) is 0. The quantitative estimate of drug-likeness (QED) is 0.409. The van der Waals surface area contributed by atoms with E-state index >= 15 is 0 Å². The van der Waals surface area contributed by atoms with Gasteiger partial charge in [-0.15, -0.1) is 0 Å². The Labute approximate surface area is 166 Å². The van der Waals surface area contributed by atoms with E-state index in [9.17, 15) is 13.2 Å². The highest BCUT2D eigenvalue weighted by molar-refractivity contribution is 5.52. The fourth-order valence-electron chi connectivity index (χ4n) is 2.35. The Morgan fingerprint density at radius 3 is 1.17 bits per heavy atom. The Balaban J connectivity index is 1.63. The van der Waals surface area contributed by atoms with Gasteiger partial charge in [-0.25, -0.2) is 0 Å². The van der Waals surface area contributed by atoms with Crippen molar-refractivity contribution in [3.63, 3.8) is 0 Å². The highest BCUT2D eigenvalue weighted by Crippen LogP contribution is 2.31. The Morgan fingerprint density at radius 1 is 0.552 bits per heavy atom. The first-order valence-corrected chi connectivity index (χ1v) is 8.69. The minimum absolute atomic E-state index is 0.336. The van der Waals surface area contributed by atoms with Gasteiger partial charge < -0.3 is 4.90 Å². The predicted molar refractivity (Wildman–Crippen MR) is 107 cm³/mol. The third-order valence-electron chi connectivity index (χ3n) is 3.97. The summed E-state index contributed by atoms with van der Waals surface area (Å²) in [7, 11) is 3.93. The van der Waals surface area contributed by atoms with Gasteiger partial charge in [0.15, 0.2) is 0 Å². The second-order valence-electron chi connectivity index (χ2n) is 6.37. The van der Waals surface area contributed by atoms with E-state index in [2.05, 4.69) is 20.5 Å². The fraction of sp³-hybridized carbons (Fsp3) is 0.143. The number of azo groups is 2. The van der Waals surface area contributed by atoms with Gasteiger partial charge in [0.1, 0.15) is 0 Å². The summed E-state index contributed by atoms with van der Waals surface area (Å²) in [6.45, 7) is 0. The molecule has 3 aromatic rings. The van der Waals surface area contributed by atoms with Gasteiger partial charge in [-0.05, 0) is 72.8 Å². The van der Waals surface area contributed by atoms with Crippen LogP contribution in [0.1, 0.15) is 5.56 Å². The molecule has 0 radical (unpaired) electrons. The first-order chi connectivity index (χ1) is 13.8. The van der Waals surface area contributed by atoms with Crippen LogP contribution in [0.25, 0.3) is 0 Å². The van der Waals surface area contributed by atoms with Crippen LogP contribution in [0.5, 0.6) is 0 Å². The molecule has 0 heterocycles. The van der Waals surface area contributed by atoms with Gasteiger partial charge in [0.2, 0.25) is 0 Å². The van der Waals surface area contributed by atoms with Gasteiger partial charge in [0.25, 0.3) is 0 Å². The summed E-state index contributed by atoms with van der Waals surface area (Å²) in [5, 5.41) is 16.3. The van der Waals surface area contributed by atoms with Crippen molar-refractivity contribution in [1.82, 2.24) is 0 Å². The molecule has 0 amide bonds. The molecule has 148 valence electrons. The summed E-state index contributed by atoms with van der Waals surface area (Å²) >= 11 is 0. The predicted octanol–water partition coefficient (Wildman–Crippen LogP) is 7.60. The van der Waals surface area contributed by atoms with Crippen LogP contribution in [0.2, 0.25) is 0 Å². The van der Waals surface area contributed by atoms with Crippen LogP contribution in [-0.2, 0) is 6.18 Å². The SMILES string of the molecule is CN(C)c1ccc(/N=N/c2ccc(/N=N/c3ccc(C(F)(F)F)cc3)cc2)cc1. The number of halogens is 3. The first-order valence-electron chi connectivity index (χ1n) is 8.69. The molecule has 0 aliphatic rings. The van der Waals surface area contributed by atoms with Crippen LogP contribution >= 0.6 is 0 Å². The van der Waals surface area contributed by atoms with Crippen LogP contribution in [-0.4, -0.2) is 14.1 Å². The molecule has 0 atom stereocenters. The first kappa shape index (κ1) is 20.2. The maximum atomic E-state index is 12.6. The van der Waals surface area contributed by atoms with Crippen molar-refractivity contribution < 1.29 is 13.2 Å². The van der Waals surface area contributed by atoms with E-state index in [4.69, 9.17) is 0 Å². The maximum absolute atomic E-state index is 12.6. The number of benzene rings is 3. The molecule has 0 saturated carbocycles. The van der Waals surface area contributed by atoms with Crippen LogP contribution in [0.4, 0.5) is 41.6 Å². The second-order valence-corrected chi connectivity index (χ2v) is 6.37. The van der Waals surface area contributed by atoms with Crippen molar-refractivity contribution in [2.75, 3.05) is 19.0 Å². The smallest absolute Gasteiger partial charge is 0.378 e. The van der Waals surface area contributed by atoms with Gasteiger partial charge in [0, 0.05) is 19.8 Å². The van der Waals surface area contributed by atoms with Gasteiger partial charge in [-0.2, -0.15) is 33.6 Å². The molecule has 29 heavy (non-hydrogen) atoms. The number of hydrogen-bond donors (Lipinski definition) is 0. The minimum atomic E-state index is -4.37. The summed E-state index contributed by atoms with van der Waals surface area (Å²) in [5.41, 5.74) is 2.63. The summed E-state index contributed by atoms with van der Waals surface area (Å²) in [6.07, 6.45) is -4.37. The standard InChI is InChI=1S/C21H18F3N5/c1-29(2)20-13-11-19(12-14-20)28-27-18-9-7-17(8-10-18)26-25-16-5-3-15(4-6-16)21(22,23)24/h3-14H,1-2H3/b26-25+,28-27+. The lowest BCUT2D eigenvalue weighted by molar-refractivity contribution is -0.137. The zero-order chi connectivity index (χ0) is 20.9. The third kappa shape index (κ3) is 5.71. The van der Waals surface area contributed by atoms with E-state index < -0.39 is 11.7 Å². The molecular weight excluding hydrogens is 379 g/mol. The number of alkyl halides is 3. The number of anilines is 1. The van der Waals surface area contributed by atoms with E-state index in [1.807, 2.05) is 43.3 Å². The van der Waals surface area contributed by atoms with E-state index in [1.54, 1.807) is 24.3 Å². The average Bonchev–Trinajstić information content (AvgIpc) is 2.71. The topological polar surface area (TPSA) is 52.7 Å². The van der Waals surface area contributed by atoms with E-state index in [-0.39, 0.29) is 0 Å². The van der Waals surface area contributed by atoms with E-state index in [1.165, 1.54) is 12.1 Å². The largest absolute Gasteiger partial charge is 0.416 e. The average molecular weight is 397 g/mol. The Morgan fingerprint density at radius 2 is 0.862 bits per heavy atom. The zero-order valence-corrected chi connectivity index (χ0v) is 15.8. The van der Waals surface area contributed by atoms with Crippen molar-refractivity contribution >= 4 is 28.4 Å². The highest BCUT2D eigenvalue weighted by atomic mass is 19.4. The normalized spacial score (nSPS) is 12.0. The Kier molecular flexibility index (Phi) is 6.01. The van der Waals surface area contributed by atoms with Gasteiger partial charge in [-0.1, -0.05) is 0 Å². The molecule has 5 nitrogen and oxygen atoms in total. The highest BCUT2D eigenvalue weighted by Gasteiger charge is 2.29. The van der Waals surface area contributed by atoms with E-state index in [0.29, 0.717) is 17.1 Å². The monoisotopic (exact) mass is 397 g/mol. The molecule has 0 aliphatic heterocycles. The van der Waals surface area contributed by atoms with Crippen LogP contribution in [0, 0.1) is 0 Å². The Hall–Kier alpha value is -3.55. The van der Waals surface area contributed by atoms with Crippen molar-refractivity contribution in [3.8, 4) is 0 Å². The van der Waals surface area contributed by atoms with Crippen molar-refractivity contribution in [2.24, 2.45) is 20.5 Å². The molecule has 0 unspecified atom stereocenters. The Bertz CT molecular complexity index is 990. The van der Waals surface area contributed by atoms with Gasteiger partial charge >= 0.3 is 6.18 Å². The fourth-order valence-corrected chi connectivity index (χ4v) is 2.35. The molecule has 3 rings (SSSR count). The lowest BCUT2D eigenvalue weighted by Gasteiger charge is -2.11. The maximum Gasteiger partial charge on any atom is 0.416 e. The van der Waals surface area contributed by atoms with Crippen molar-refractivity contribution in [3.05, 3.63) is 78.4 Å². The molecule has 0 aliphatic carbocycles. The molecule has 8 heteroatoms. The van der Waals surface area contributed by atoms with E-state index in [0.717, 1.165) is 23.5 Å². The summed E-state index contributed by atoms with van der Waals surface area (Å²) in [6, 6.07) is 19.1. The molecule has 3 aromatic carbocycles. The van der Waals surface area contributed by atoms with Crippen molar-refractivity contribution in [2.45, 2.75) is 6.18 Å². The van der Waals surface area contributed by atoms with Crippen LogP contribution in [0.15, 0.2) is 93.3 Å². The van der Waals surface area contributed by atoms with Crippen LogP contribution < -0.4 is 4.90 Å². The van der Waals surface area contributed by atoms with Crippen molar-refractivity contribution in [1.29, 1.82) is 0 Å². The molecule has 0 bridgehead atoms. The zero-order valence-electron chi connectivity index (χ0n) is 15.8. The summed E-state index contributed by atoms with van der Waals surface area (Å²) < 4.78 is 37.7. The van der Waals surface area contributed by atoms with Crippen LogP contribution in [0.3, 0.4) is 0 Å². The molecule has 0 fully saturated rings. The molecular formula is C21H18F3N5. The lowest BCUT2D eigenvalue weighted by atomic mass is 10.2. The summed E-state index contributed by atoms with van der Waals surface area (Å²) in [4.78, 5) is 2.00.